The van der Waals surface area contributed by atoms with Crippen molar-refractivity contribution in [3.63, 3.8) is 0 Å². The first kappa shape index (κ1) is 20.0. The third-order valence-electron chi connectivity index (χ3n) is 4.82. The van der Waals surface area contributed by atoms with E-state index in [-0.39, 0.29) is 39.2 Å². The first-order valence-electron chi connectivity index (χ1n) is 8.24. The molecular formula is C20H23Br2NO2. The summed E-state index contributed by atoms with van der Waals surface area (Å²) < 4.78 is 0. The van der Waals surface area contributed by atoms with Gasteiger partial charge in [-0.25, -0.2) is 0 Å². The number of fused-ring (bicyclic) bond motifs is 1. The summed E-state index contributed by atoms with van der Waals surface area (Å²) in [4.78, 5) is 0.227. The van der Waals surface area contributed by atoms with Crippen molar-refractivity contribution in [3.8, 4) is 11.5 Å². The molecule has 0 aromatic heterocycles. The lowest BCUT2D eigenvalue weighted by Gasteiger charge is -2.33. The second-order valence-corrected chi connectivity index (χ2v) is 7.25. The molecule has 2 unspecified atom stereocenters. The van der Waals surface area contributed by atoms with E-state index in [9.17, 15) is 10.2 Å². The highest BCUT2D eigenvalue weighted by atomic mass is 79.9. The second kappa shape index (κ2) is 8.39. The number of aromatic hydroxyl groups is 2. The van der Waals surface area contributed by atoms with Crippen LogP contribution in [0, 0.1) is 0 Å². The van der Waals surface area contributed by atoms with Gasteiger partial charge in [-0.2, -0.15) is 0 Å². The first-order chi connectivity index (χ1) is 11.6. The van der Waals surface area contributed by atoms with Crippen LogP contribution in [-0.4, -0.2) is 21.6 Å². The van der Waals surface area contributed by atoms with Gasteiger partial charge in [-0.05, 0) is 41.2 Å². The molecular weight excluding hydrogens is 446 g/mol. The smallest absolute Gasteiger partial charge is 0.161 e. The zero-order valence-electron chi connectivity index (χ0n) is 14.1. The van der Waals surface area contributed by atoms with E-state index in [2.05, 4.69) is 35.0 Å². The molecule has 0 saturated carbocycles. The Labute approximate surface area is 167 Å². The number of benzene rings is 2. The lowest BCUT2D eigenvalue weighted by Crippen LogP contribution is -2.24. The summed E-state index contributed by atoms with van der Waals surface area (Å²) in [6.45, 7) is 2.55. The fourth-order valence-corrected chi connectivity index (χ4v) is 4.23. The molecule has 0 heterocycles. The molecule has 2 atom stereocenters. The number of halogens is 2. The molecule has 0 bridgehead atoms. The molecule has 5 heteroatoms. The minimum Gasteiger partial charge on any atom is -0.504 e. The molecule has 25 heavy (non-hydrogen) atoms. The van der Waals surface area contributed by atoms with Crippen LogP contribution in [0.15, 0.2) is 48.0 Å². The third-order valence-corrected chi connectivity index (χ3v) is 5.96. The van der Waals surface area contributed by atoms with Gasteiger partial charge >= 0.3 is 0 Å². The van der Waals surface area contributed by atoms with E-state index in [4.69, 9.17) is 5.73 Å². The molecule has 0 radical (unpaired) electrons. The number of hydrogen-bond acceptors (Lipinski definition) is 3. The maximum atomic E-state index is 10.4. The Bertz CT molecular complexity index is 775. The summed E-state index contributed by atoms with van der Waals surface area (Å²) in [7, 11) is 0. The fourth-order valence-electron chi connectivity index (χ4n) is 3.63. The molecule has 3 nitrogen and oxygen atoms in total. The van der Waals surface area contributed by atoms with Crippen LogP contribution in [0.25, 0.3) is 5.57 Å². The van der Waals surface area contributed by atoms with Crippen molar-refractivity contribution in [1.82, 2.24) is 0 Å². The van der Waals surface area contributed by atoms with Gasteiger partial charge in [0.1, 0.15) is 0 Å². The summed E-state index contributed by atoms with van der Waals surface area (Å²) in [5.41, 5.74) is 11.4. The highest BCUT2D eigenvalue weighted by molar-refractivity contribution is 9.09. The maximum absolute atomic E-state index is 10.4. The molecule has 2 aromatic carbocycles. The predicted octanol–water partition coefficient (Wildman–Crippen LogP) is 4.90. The van der Waals surface area contributed by atoms with Gasteiger partial charge in [-0.3, -0.25) is 0 Å². The van der Waals surface area contributed by atoms with Crippen LogP contribution in [0.3, 0.4) is 0 Å². The van der Waals surface area contributed by atoms with Crippen molar-refractivity contribution < 1.29 is 10.2 Å². The van der Waals surface area contributed by atoms with Crippen LogP contribution in [0.5, 0.6) is 11.5 Å². The average Bonchev–Trinajstić information content (AvgIpc) is 2.63. The molecule has 1 aliphatic rings. The van der Waals surface area contributed by atoms with Gasteiger partial charge in [-0.15, -0.1) is 17.0 Å². The van der Waals surface area contributed by atoms with Crippen LogP contribution in [-0.2, 0) is 6.42 Å². The van der Waals surface area contributed by atoms with E-state index >= 15 is 0 Å². The van der Waals surface area contributed by atoms with E-state index in [0.717, 1.165) is 23.1 Å². The average molecular weight is 469 g/mol. The molecule has 0 fully saturated rings. The molecule has 1 aliphatic carbocycles. The molecule has 2 aromatic rings. The number of phenolic OH excluding ortho intramolecular Hbond substituents is 2. The summed E-state index contributed by atoms with van der Waals surface area (Å²) in [6.07, 6.45) is 1.61. The number of hydrogen-bond donors (Lipinski definition) is 3. The number of nitrogens with two attached hydrogens (primary N) is 1. The quantitative estimate of drug-likeness (QED) is 0.441. The summed E-state index contributed by atoms with van der Waals surface area (Å²) in [5, 5.41) is 20.3. The van der Waals surface area contributed by atoms with Crippen molar-refractivity contribution in [2.24, 2.45) is 5.73 Å². The van der Waals surface area contributed by atoms with E-state index in [0.29, 0.717) is 13.0 Å². The molecule has 0 amide bonds. The van der Waals surface area contributed by atoms with Crippen molar-refractivity contribution in [1.29, 1.82) is 0 Å². The second-order valence-electron chi connectivity index (χ2n) is 6.14. The van der Waals surface area contributed by atoms with Gasteiger partial charge in [0.05, 0.1) is 0 Å². The summed E-state index contributed by atoms with van der Waals surface area (Å²) >= 11 is 3.82. The van der Waals surface area contributed by atoms with Crippen LogP contribution >= 0.6 is 32.9 Å². The molecule has 4 N–H and O–H groups in total. The van der Waals surface area contributed by atoms with Crippen LogP contribution in [0.4, 0.5) is 0 Å². The Hall–Kier alpha value is -1.30. The highest BCUT2D eigenvalue weighted by Crippen LogP contribution is 2.47. The first-order valence-corrected chi connectivity index (χ1v) is 9.16. The molecule has 0 spiro atoms. The van der Waals surface area contributed by atoms with E-state index in [1.54, 1.807) is 6.07 Å². The van der Waals surface area contributed by atoms with Gasteiger partial charge < -0.3 is 15.9 Å². The summed E-state index contributed by atoms with van der Waals surface area (Å²) in [5.74, 6) is 0.0293. The van der Waals surface area contributed by atoms with Crippen molar-refractivity contribution in [2.45, 2.75) is 30.5 Å². The van der Waals surface area contributed by atoms with Crippen LogP contribution in [0.2, 0.25) is 0 Å². The fraction of sp³-hybridized carbons (Fsp3) is 0.300. The van der Waals surface area contributed by atoms with E-state index < -0.39 is 0 Å². The van der Waals surface area contributed by atoms with Gasteiger partial charge in [0.25, 0.3) is 0 Å². The van der Waals surface area contributed by atoms with Gasteiger partial charge in [0.15, 0.2) is 11.5 Å². The normalized spacial score (nSPS) is 17.6. The third kappa shape index (κ3) is 3.64. The van der Waals surface area contributed by atoms with Crippen molar-refractivity contribution >= 4 is 38.5 Å². The SMILES string of the molecule is Br.CCC(Br)C1=C(CN)c2ccc(O)c(O)c2CC1c1ccccc1. The van der Waals surface area contributed by atoms with E-state index in [1.165, 1.54) is 11.1 Å². The number of alkyl halides is 1. The molecule has 134 valence electrons. The lowest BCUT2D eigenvalue weighted by atomic mass is 9.73. The maximum Gasteiger partial charge on any atom is 0.161 e. The zero-order valence-corrected chi connectivity index (χ0v) is 17.4. The van der Waals surface area contributed by atoms with Crippen molar-refractivity contribution in [2.75, 3.05) is 6.54 Å². The lowest BCUT2D eigenvalue weighted by molar-refractivity contribution is 0.398. The minimum atomic E-state index is -0.0775. The Morgan fingerprint density at radius 2 is 1.84 bits per heavy atom. The largest absolute Gasteiger partial charge is 0.504 e. The zero-order chi connectivity index (χ0) is 17.3. The number of allylic oxidation sites excluding steroid dienone is 1. The number of rotatable bonds is 4. The van der Waals surface area contributed by atoms with Crippen LogP contribution in [0.1, 0.15) is 36.0 Å². The Morgan fingerprint density at radius 1 is 1.16 bits per heavy atom. The van der Waals surface area contributed by atoms with E-state index in [1.807, 2.05) is 24.3 Å². The topological polar surface area (TPSA) is 66.5 Å². The predicted molar refractivity (Wildman–Crippen MR) is 112 cm³/mol. The van der Waals surface area contributed by atoms with Gasteiger partial charge in [-0.1, -0.05) is 59.3 Å². The highest BCUT2D eigenvalue weighted by Gasteiger charge is 2.32. The monoisotopic (exact) mass is 467 g/mol. The Balaban J connectivity index is 0.00000225. The molecule has 0 aliphatic heterocycles. The van der Waals surface area contributed by atoms with Gasteiger partial charge in [0, 0.05) is 22.9 Å². The van der Waals surface area contributed by atoms with Crippen LogP contribution < -0.4 is 5.73 Å². The molecule has 3 rings (SSSR count). The minimum absolute atomic E-state index is 0. The Morgan fingerprint density at radius 3 is 2.44 bits per heavy atom. The van der Waals surface area contributed by atoms with Crippen molar-refractivity contribution in [3.05, 3.63) is 64.7 Å². The Kier molecular flexibility index (Phi) is 6.72. The molecule has 0 saturated heterocycles. The summed E-state index contributed by atoms with van der Waals surface area (Å²) in [6, 6.07) is 13.7. The standard InChI is InChI=1S/C20H22BrNO2.BrH/c1-2-17(21)19-14(12-6-4-3-5-7-12)10-15-13(16(19)11-22)8-9-18(23)20(15)24;/h3-9,14,17,23-24H,2,10-11,22H2,1H3;1H. The number of phenols is 2. The van der Waals surface area contributed by atoms with Gasteiger partial charge in [0.2, 0.25) is 0 Å².